The third-order valence-corrected chi connectivity index (χ3v) is 2.31. The molecule has 1 rings (SSSR count). The third kappa shape index (κ3) is 2.48. The molecule has 0 fully saturated rings. The number of nitrogens with zero attached hydrogens (tertiary/aromatic N) is 1. The molecule has 1 aromatic carbocycles. The Labute approximate surface area is 94.7 Å². The van der Waals surface area contributed by atoms with Crippen molar-refractivity contribution in [2.45, 2.75) is 13.8 Å². The minimum Gasteiger partial charge on any atom is -0.341 e. The van der Waals surface area contributed by atoms with E-state index in [9.17, 15) is 8.78 Å². The molecule has 0 saturated heterocycles. The van der Waals surface area contributed by atoms with Crippen LogP contribution in [0.25, 0.3) is 0 Å². The van der Waals surface area contributed by atoms with Gasteiger partial charge in [-0.3, -0.25) is 0 Å². The zero-order valence-electron chi connectivity index (χ0n) is 9.50. The van der Waals surface area contributed by atoms with E-state index in [0.717, 1.165) is 5.70 Å². The Balaban J connectivity index is 3.23. The van der Waals surface area contributed by atoms with Crippen molar-refractivity contribution in [2.75, 3.05) is 11.4 Å². The van der Waals surface area contributed by atoms with Crippen LogP contribution in [-0.2, 0) is 0 Å². The SMILES string of the molecule is C=C/C=C(\C)N(CC)c1c(F)cccc1F. The highest BCUT2D eigenvalue weighted by molar-refractivity contribution is 5.54. The molecule has 86 valence electrons. The van der Waals surface area contributed by atoms with Gasteiger partial charge in [0.1, 0.15) is 17.3 Å². The Bertz CT molecular complexity index is 390. The van der Waals surface area contributed by atoms with Gasteiger partial charge in [-0.1, -0.05) is 18.7 Å². The molecule has 0 radical (unpaired) electrons. The number of rotatable bonds is 4. The normalized spacial score (nSPS) is 11.4. The van der Waals surface area contributed by atoms with Gasteiger partial charge in [0, 0.05) is 12.2 Å². The van der Waals surface area contributed by atoms with Gasteiger partial charge in [0.05, 0.1) is 0 Å². The summed E-state index contributed by atoms with van der Waals surface area (Å²) in [5.41, 5.74) is 0.738. The van der Waals surface area contributed by atoms with Crippen LogP contribution in [0.4, 0.5) is 14.5 Å². The Morgan fingerprint density at radius 3 is 2.38 bits per heavy atom. The molecule has 1 aromatic rings. The van der Waals surface area contributed by atoms with Gasteiger partial charge in [-0.15, -0.1) is 0 Å². The fourth-order valence-electron chi connectivity index (χ4n) is 1.59. The minimum atomic E-state index is -0.557. The topological polar surface area (TPSA) is 3.24 Å². The highest BCUT2D eigenvalue weighted by atomic mass is 19.1. The maximum Gasteiger partial charge on any atom is 0.149 e. The molecule has 0 spiro atoms. The van der Waals surface area contributed by atoms with Crippen LogP contribution in [0.2, 0.25) is 0 Å². The summed E-state index contributed by atoms with van der Waals surface area (Å²) >= 11 is 0. The molecule has 0 aliphatic rings. The molecular weight excluding hydrogens is 208 g/mol. The Morgan fingerprint density at radius 2 is 1.94 bits per heavy atom. The molecule has 0 saturated carbocycles. The average molecular weight is 223 g/mol. The number of hydrogen-bond acceptors (Lipinski definition) is 1. The first kappa shape index (κ1) is 12.4. The van der Waals surface area contributed by atoms with E-state index in [-0.39, 0.29) is 5.69 Å². The number of anilines is 1. The molecule has 0 N–H and O–H groups in total. The number of allylic oxidation sites excluding steroid dienone is 3. The Morgan fingerprint density at radius 1 is 1.38 bits per heavy atom. The second-order valence-corrected chi connectivity index (χ2v) is 3.36. The van der Waals surface area contributed by atoms with Gasteiger partial charge in [0.15, 0.2) is 0 Å². The molecule has 0 amide bonds. The summed E-state index contributed by atoms with van der Waals surface area (Å²) in [5.74, 6) is -1.11. The van der Waals surface area contributed by atoms with Crippen LogP contribution in [0, 0.1) is 11.6 Å². The van der Waals surface area contributed by atoms with E-state index in [0.29, 0.717) is 6.54 Å². The molecule has 0 heterocycles. The van der Waals surface area contributed by atoms with Crippen LogP contribution >= 0.6 is 0 Å². The van der Waals surface area contributed by atoms with Gasteiger partial charge < -0.3 is 4.90 Å². The number of benzene rings is 1. The minimum absolute atomic E-state index is 0.0133. The van der Waals surface area contributed by atoms with Crippen molar-refractivity contribution in [2.24, 2.45) is 0 Å². The second kappa shape index (κ2) is 5.45. The number of hydrogen-bond donors (Lipinski definition) is 0. The molecule has 0 aliphatic carbocycles. The summed E-state index contributed by atoms with van der Waals surface area (Å²) < 4.78 is 27.1. The van der Waals surface area contributed by atoms with E-state index in [1.165, 1.54) is 18.2 Å². The molecule has 0 aliphatic heterocycles. The van der Waals surface area contributed by atoms with Gasteiger partial charge in [-0.25, -0.2) is 8.78 Å². The predicted molar refractivity (Wildman–Crippen MR) is 63.3 cm³/mol. The van der Waals surface area contributed by atoms with E-state index in [1.54, 1.807) is 24.0 Å². The summed E-state index contributed by atoms with van der Waals surface area (Å²) in [6, 6.07) is 3.86. The van der Waals surface area contributed by atoms with E-state index >= 15 is 0 Å². The highest BCUT2D eigenvalue weighted by Gasteiger charge is 2.15. The van der Waals surface area contributed by atoms with Crippen LogP contribution in [0.5, 0.6) is 0 Å². The smallest absolute Gasteiger partial charge is 0.149 e. The first-order valence-corrected chi connectivity index (χ1v) is 5.12. The van der Waals surface area contributed by atoms with Gasteiger partial charge in [0.2, 0.25) is 0 Å². The average Bonchev–Trinajstić information content (AvgIpc) is 2.24. The molecule has 3 heteroatoms. The van der Waals surface area contributed by atoms with E-state index in [2.05, 4.69) is 6.58 Å². The van der Waals surface area contributed by atoms with Crippen molar-refractivity contribution in [1.82, 2.24) is 0 Å². The van der Waals surface area contributed by atoms with E-state index < -0.39 is 11.6 Å². The molecule has 0 atom stereocenters. The number of para-hydroxylation sites is 1. The van der Waals surface area contributed by atoms with Crippen LogP contribution in [0.15, 0.2) is 42.6 Å². The lowest BCUT2D eigenvalue weighted by Gasteiger charge is -2.24. The standard InChI is InChI=1S/C13H15F2N/c1-4-7-10(3)16(5-2)13-11(14)8-6-9-12(13)15/h4,6-9H,1,5H2,2-3H3/b10-7+. The van der Waals surface area contributed by atoms with E-state index in [4.69, 9.17) is 0 Å². The van der Waals surface area contributed by atoms with Crippen molar-refractivity contribution in [3.8, 4) is 0 Å². The third-order valence-electron chi connectivity index (χ3n) is 2.31. The summed E-state index contributed by atoms with van der Waals surface area (Å²) in [7, 11) is 0. The molecular formula is C13H15F2N. The highest BCUT2D eigenvalue weighted by Crippen LogP contribution is 2.25. The van der Waals surface area contributed by atoms with E-state index in [1.807, 2.05) is 6.92 Å². The Hall–Kier alpha value is -1.64. The maximum atomic E-state index is 13.6. The molecule has 1 nitrogen and oxygen atoms in total. The van der Waals surface area contributed by atoms with Crippen molar-refractivity contribution >= 4 is 5.69 Å². The van der Waals surface area contributed by atoms with Crippen LogP contribution in [0.3, 0.4) is 0 Å². The van der Waals surface area contributed by atoms with Gasteiger partial charge in [-0.2, -0.15) is 0 Å². The molecule has 0 bridgehead atoms. The lowest BCUT2D eigenvalue weighted by atomic mass is 10.2. The van der Waals surface area contributed by atoms with Gasteiger partial charge in [-0.05, 0) is 32.1 Å². The van der Waals surface area contributed by atoms with Crippen molar-refractivity contribution < 1.29 is 8.78 Å². The summed E-state index contributed by atoms with van der Waals surface area (Å²) in [6.45, 7) is 7.69. The maximum absolute atomic E-state index is 13.6. The van der Waals surface area contributed by atoms with Crippen molar-refractivity contribution in [1.29, 1.82) is 0 Å². The zero-order chi connectivity index (χ0) is 12.1. The van der Waals surface area contributed by atoms with Crippen LogP contribution < -0.4 is 4.90 Å². The van der Waals surface area contributed by atoms with Crippen molar-refractivity contribution in [3.05, 3.63) is 54.3 Å². The summed E-state index contributed by atoms with van der Waals surface area (Å²) in [4.78, 5) is 1.58. The molecule has 0 aromatic heterocycles. The second-order valence-electron chi connectivity index (χ2n) is 3.36. The first-order valence-electron chi connectivity index (χ1n) is 5.12. The zero-order valence-corrected chi connectivity index (χ0v) is 9.50. The van der Waals surface area contributed by atoms with Crippen molar-refractivity contribution in [3.63, 3.8) is 0 Å². The predicted octanol–water partition coefficient (Wildman–Crippen LogP) is 3.88. The van der Waals surface area contributed by atoms with Gasteiger partial charge in [0.25, 0.3) is 0 Å². The first-order chi connectivity index (χ1) is 7.61. The monoisotopic (exact) mass is 223 g/mol. The quantitative estimate of drug-likeness (QED) is 0.700. The lowest BCUT2D eigenvalue weighted by molar-refractivity contribution is 0.578. The Kier molecular flexibility index (Phi) is 4.23. The van der Waals surface area contributed by atoms with Gasteiger partial charge >= 0.3 is 0 Å². The molecule has 0 unspecified atom stereocenters. The lowest BCUT2D eigenvalue weighted by Crippen LogP contribution is -2.22. The fraction of sp³-hybridized carbons (Fsp3) is 0.231. The summed E-state index contributed by atoms with van der Waals surface area (Å²) in [6.07, 6.45) is 3.31. The van der Waals surface area contributed by atoms with Crippen LogP contribution in [0.1, 0.15) is 13.8 Å². The fourth-order valence-corrected chi connectivity index (χ4v) is 1.59. The molecule has 16 heavy (non-hydrogen) atoms. The largest absolute Gasteiger partial charge is 0.341 e. The summed E-state index contributed by atoms with van der Waals surface area (Å²) in [5, 5.41) is 0. The number of halogens is 2. The van der Waals surface area contributed by atoms with Crippen LogP contribution in [-0.4, -0.2) is 6.54 Å².